The quantitative estimate of drug-likeness (QED) is 0.881. The summed E-state index contributed by atoms with van der Waals surface area (Å²) in [5, 5.41) is 4.51. The van der Waals surface area contributed by atoms with Crippen LogP contribution >= 0.6 is 0 Å². The van der Waals surface area contributed by atoms with Gasteiger partial charge in [-0.05, 0) is 25.3 Å². The van der Waals surface area contributed by atoms with Crippen LogP contribution in [0.3, 0.4) is 0 Å². The van der Waals surface area contributed by atoms with Gasteiger partial charge in [0.05, 0.1) is 11.4 Å². The van der Waals surface area contributed by atoms with Crippen LogP contribution in [0.25, 0.3) is 11.5 Å². The molecule has 2 aromatic heterocycles. The Bertz CT molecular complexity index is 608. The number of nitrogens with zero attached hydrogens (tertiary/aromatic N) is 4. The van der Waals surface area contributed by atoms with Crippen LogP contribution in [0.15, 0.2) is 6.07 Å². The molecule has 2 N–H and O–H groups in total. The van der Waals surface area contributed by atoms with Crippen LogP contribution in [0, 0.1) is 0 Å². The van der Waals surface area contributed by atoms with Gasteiger partial charge < -0.3 is 10.3 Å². The molecule has 0 radical (unpaired) electrons. The van der Waals surface area contributed by atoms with Crippen LogP contribution in [0.4, 0.5) is 0 Å². The molecule has 2 heterocycles. The minimum Gasteiger partial charge on any atom is -0.330 e. The summed E-state index contributed by atoms with van der Waals surface area (Å²) < 4.78 is 4.13. The Kier molecular flexibility index (Phi) is 2.93. The summed E-state index contributed by atoms with van der Waals surface area (Å²) in [4.78, 5) is 4.80. The third-order valence-corrected chi connectivity index (χ3v) is 4.03. The van der Waals surface area contributed by atoms with E-state index in [1.807, 2.05) is 11.7 Å². The van der Waals surface area contributed by atoms with Crippen molar-refractivity contribution < 1.29 is 0 Å². The Morgan fingerprint density at radius 2 is 2.21 bits per heavy atom. The van der Waals surface area contributed by atoms with Gasteiger partial charge in [-0.15, -0.1) is 0 Å². The summed E-state index contributed by atoms with van der Waals surface area (Å²) >= 11 is 0. The maximum absolute atomic E-state index is 6.04. The summed E-state index contributed by atoms with van der Waals surface area (Å²) in [6.07, 6.45) is 3.92. The molecule has 102 valence electrons. The van der Waals surface area contributed by atoms with Crippen LogP contribution in [0.1, 0.15) is 30.4 Å². The molecule has 3 rings (SSSR count). The number of imidazole rings is 1. The fourth-order valence-corrected chi connectivity index (χ4v) is 2.87. The van der Waals surface area contributed by atoms with E-state index in [0.717, 1.165) is 48.6 Å². The highest BCUT2D eigenvalue weighted by atomic mass is 15.3. The molecule has 0 saturated carbocycles. The van der Waals surface area contributed by atoms with Crippen LogP contribution in [0.5, 0.6) is 0 Å². The normalized spacial score (nSPS) is 18.6. The first-order chi connectivity index (χ1) is 9.10. The summed E-state index contributed by atoms with van der Waals surface area (Å²) in [6, 6.07) is 2.39. The first-order valence-corrected chi connectivity index (χ1v) is 6.93. The molecule has 1 aliphatic rings. The van der Waals surface area contributed by atoms with Gasteiger partial charge in [0.2, 0.25) is 0 Å². The van der Waals surface area contributed by atoms with Crippen LogP contribution < -0.4 is 5.73 Å². The van der Waals surface area contributed by atoms with E-state index in [1.54, 1.807) is 0 Å². The van der Waals surface area contributed by atoms with Crippen molar-refractivity contribution in [3.05, 3.63) is 23.1 Å². The molecule has 0 fully saturated rings. The van der Waals surface area contributed by atoms with Crippen LogP contribution in [-0.2, 0) is 33.4 Å². The number of nitrogens with two attached hydrogens (primary N) is 1. The van der Waals surface area contributed by atoms with Gasteiger partial charge in [0.1, 0.15) is 5.69 Å². The van der Waals surface area contributed by atoms with E-state index in [0.29, 0.717) is 0 Å². The second kappa shape index (κ2) is 4.49. The molecular weight excluding hydrogens is 238 g/mol. The number of hydrogen-bond donors (Lipinski definition) is 1. The molecule has 19 heavy (non-hydrogen) atoms. The van der Waals surface area contributed by atoms with E-state index in [4.69, 9.17) is 10.7 Å². The van der Waals surface area contributed by atoms with E-state index in [9.17, 15) is 0 Å². The highest BCUT2D eigenvalue weighted by Crippen LogP contribution is 2.26. The summed E-state index contributed by atoms with van der Waals surface area (Å²) in [7, 11) is 4.07. The molecular formula is C14H21N5. The van der Waals surface area contributed by atoms with Gasteiger partial charge in [-0.1, -0.05) is 6.92 Å². The number of rotatable bonds is 2. The summed E-state index contributed by atoms with van der Waals surface area (Å²) in [5.41, 5.74) is 10.7. The number of aryl methyl sites for hydroxylation is 2. The molecule has 0 aliphatic heterocycles. The van der Waals surface area contributed by atoms with Crippen molar-refractivity contribution in [2.75, 3.05) is 0 Å². The van der Waals surface area contributed by atoms with Gasteiger partial charge in [0, 0.05) is 32.3 Å². The second-order valence-corrected chi connectivity index (χ2v) is 5.39. The smallest absolute Gasteiger partial charge is 0.158 e. The third-order valence-electron chi connectivity index (χ3n) is 4.03. The molecule has 2 aromatic rings. The standard InChI is InChI=1S/C14H21N5/c1-4-10-8-13(19(3)17-10)14-16-11-7-9(15)5-6-12(11)18(14)2/h8-9H,4-7,15H2,1-3H3. The van der Waals surface area contributed by atoms with Gasteiger partial charge in [0.25, 0.3) is 0 Å². The zero-order valence-corrected chi connectivity index (χ0v) is 11.8. The minimum atomic E-state index is 0.257. The molecule has 0 aromatic carbocycles. The minimum absolute atomic E-state index is 0.257. The third kappa shape index (κ3) is 1.98. The maximum atomic E-state index is 6.04. The monoisotopic (exact) mass is 259 g/mol. The Labute approximate surface area is 113 Å². The van der Waals surface area contributed by atoms with Crippen LogP contribution in [-0.4, -0.2) is 25.4 Å². The molecule has 1 atom stereocenters. The van der Waals surface area contributed by atoms with Gasteiger partial charge in [-0.25, -0.2) is 4.98 Å². The van der Waals surface area contributed by atoms with Crippen molar-refractivity contribution in [3.63, 3.8) is 0 Å². The zero-order chi connectivity index (χ0) is 13.6. The molecule has 0 saturated heterocycles. The predicted octanol–water partition coefficient (Wildman–Crippen LogP) is 1.20. The molecule has 0 spiro atoms. The highest BCUT2D eigenvalue weighted by molar-refractivity contribution is 5.53. The fraction of sp³-hybridized carbons (Fsp3) is 0.571. The van der Waals surface area contributed by atoms with Crippen molar-refractivity contribution in [1.82, 2.24) is 19.3 Å². The van der Waals surface area contributed by atoms with Crippen molar-refractivity contribution in [3.8, 4) is 11.5 Å². The Balaban J connectivity index is 2.08. The molecule has 1 aliphatic carbocycles. The van der Waals surface area contributed by atoms with E-state index >= 15 is 0 Å². The van der Waals surface area contributed by atoms with E-state index < -0.39 is 0 Å². The Morgan fingerprint density at radius 1 is 1.42 bits per heavy atom. The summed E-state index contributed by atoms with van der Waals surface area (Å²) in [6.45, 7) is 2.12. The fourth-order valence-electron chi connectivity index (χ4n) is 2.87. The van der Waals surface area contributed by atoms with Crippen LogP contribution in [0.2, 0.25) is 0 Å². The molecule has 1 unspecified atom stereocenters. The number of fused-ring (bicyclic) bond motifs is 1. The average Bonchev–Trinajstić information content (AvgIpc) is 2.90. The molecule has 5 heteroatoms. The average molecular weight is 259 g/mol. The van der Waals surface area contributed by atoms with Crippen molar-refractivity contribution in [2.24, 2.45) is 19.8 Å². The maximum Gasteiger partial charge on any atom is 0.158 e. The Hall–Kier alpha value is -1.62. The van der Waals surface area contributed by atoms with E-state index in [-0.39, 0.29) is 6.04 Å². The van der Waals surface area contributed by atoms with E-state index in [1.165, 1.54) is 5.69 Å². The van der Waals surface area contributed by atoms with Gasteiger partial charge >= 0.3 is 0 Å². The lowest BCUT2D eigenvalue weighted by atomic mass is 9.97. The summed E-state index contributed by atoms with van der Waals surface area (Å²) in [5.74, 6) is 1.01. The number of hydrogen-bond acceptors (Lipinski definition) is 3. The lowest BCUT2D eigenvalue weighted by molar-refractivity contribution is 0.554. The molecule has 5 nitrogen and oxygen atoms in total. The topological polar surface area (TPSA) is 61.7 Å². The van der Waals surface area contributed by atoms with Gasteiger partial charge in [-0.2, -0.15) is 5.10 Å². The first-order valence-electron chi connectivity index (χ1n) is 6.93. The van der Waals surface area contributed by atoms with Gasteiger partial charge in [0.15, 0.2) is 5.82 Å². The van der Waals surface area contributed by atoms with Crippen molar-refractivity contribution in [2.45, 2.75) is 38.6 Å². The Morgan fingerprint density at radius 3 is 2.89 bits per heavy atom. The lowest BCUT2D eigenvalue weighted by Gasteiger charge is -2.17. The second-order valence-electron chi connectivity index (χ2n) is 5.39. The van der Waals surface area contributed by atoms with Crippen molar-refractivity contribution >= 4 is 0 Å². The first kappa shape index (κ1) is 12.4. The molecule has 0 amide bonds. The largest absolute Gasteiger partial charge is 0.330 e. The highest BCUT2D eigenvalue weighted by Gasteiger charge is 2.23. The number of aromatic nitrogens is 4. The molecule has 0 bridgehead atoms. The lowest BCUT2D eigenvalue weighted by Crippen LogP contribution is -2.28. The zero-order valence-electron chi connectivity index (χ0n) is 11.8. The van der Waals surface area contributed by atoms with Gasteiger partial charge in [-0.3, -0.25) is 4.68 Å². The van der Waals surface area contributed by atoms with Crippen molar-refractivity contribution in [1.29, 1.82) is 0 Å². The van der Waals surface area contributed by atoms with E-state index in [2.05, 4.69) is 29.7 Å². The SMILES string of the molecule is CCc1cc(-c2nc3c(n2C)CCC(N)C3)n(C)n1. The predicted molar refractivity (Wildman–Crippen MR) is 74.8 cm³/mol.